The second-order valence-corrected chi connectivity index (χ2v) is 10.1. The Balaban J connectivity index is 1.98. The molecular formula is C22H16ClF6N3O4S. The molecule has 1 unspecified atom stereocenters. The maximum atomic E-state index is 13.3. The van der Waals surface area contributed by atoms with Crippen LogP contribution < -0.4 is 14.8 Å². The lowest BCUT2D eigenvalue weighted by atomic mass is 10.1. The number of pyridine rings is 1. The molecule has 198 valence electrons. The van der Waals surface area contributed by atoms with Gasteiger partial charge < -0.3 is 14.8 Å². The molecule has 1 atom stereocenters. The van der Waals surface area contributed by atoms with Gasteiger partial charge in [0.05, 0.1) is 20.3 Å². The first kappa shape index (κ1) is 28.1. The molecule has 0 bridgehead atoms. The molecule has 0 aliphatic heterocycles. The monoisotopic (exact) mass is 567 g/mol. The molecule has 1 N–H and O–H groups in total. The minimum atomic E-state index is -4.99. The molecule has 1 heterocycles. The summed E-state index contributed by atoms with van der Waals surface area (Å²) in [5.41, 5.74) is -1.83. The van der Waals surface area contributed by atoms with E-state index in [2.05, 4.69) is 19.4 Å². The number of anilines is 1. The summed E-state index contributed by atoms with van der Waals surface area (Å²) in [5.74, 6) is -2.67. The number of hydrogen-bond donors (Lipinski definition) is 1. The molecule has 15 heteroatoms. The maximum Gasteiger partial charge on any atom is 0.573 e. The number of aromatic nitrogens is 1. The van der Waals surface area contributed by atoms with E-state index in [-0.39, 0.29) is 16.3 Å². The topological polar surface area (TPSA) is 89.9 Å². The van der Waals surface area contributed by atoms with E-state index in [1.165, 1.54) is 37.6 Å². The Morgan fingerprint density at radius 3 is 2.38 bits per heavy atom. The number of carbonyl (C=O) groups is 1. The van der Waals surface area contributed by atoms with Gasteiger partial charge in [-0.05, 0) is 36.4 Å². The number of halogens is 7. The van der Waals surface area contributed by atoms with Crippen molar-refractivity contribution < 1.29 is 44.8 Å². The van der Waals surface area contributed by atoms with E-state index in [0.29, 0.717) is 12.3 Å². The van der Waals surface area contributed by atoms with E-state index in [9.17, 15) is 35.3 Å². The highest BCUT2D eigenvalue weighted by Crippen LogP contribution is 2.37. The highest BCUT2D eigenvalue weighted by Gasteiger charge is 2.34. The number of nitrogens with one attached hydrogen (secondary N) is 1. The van der Waals surface area contributed by atoms with Crippen LogP contribution in [0.4, 0.5) is 32.0 Å². The second kappa shape index (κ2) is 10.5. The Morgan fingerprint density at radius 1 is 1.08 bits per heavy atom. The third kappa shape index (κ3) is 7.26. The Bertz CT molecular complexity index is 1450. The standard InChI is InChI=1S/C22H16ClF6N3O4S/c1-30-37(2,34)15-5-3-4-13(9-15)32-19(33)16-8-12(21(24,25)26)11-31-20(16)35-18-7-6-14(10-17(18)23)36-22(27,28)29/h3-11H,1-2H3,(H,32,33). The van der Waals surface area contributed by atoms with Crippen molar-refractivity contribution in [3.8, 4) is 17.4 Å². The van der Waals surface area contributed by atoms with Crippen LogP contribution in [0.3, 0.4) is 0 Å². The van der Waals surface area contributed by atoms with Crippen LogP contribution in [0.15, 0.2) is 64.0 Å². The summed E-state index contributed by atoms with van der Waals surface area (Å²) in [6.07, 6.45) is -8.06. The number of rotatable bonds is 6. The van der Waals surface area contributed by atoms with Crippen molar-refractivity contribution in [2.24, 2.45) is 4.36 Å². The van der Waals surface area contributed by atoms with Gasteiger partial charge in [0, 0.05) is 36.1 Å². The summed E-state index contributed by atoms with van der Waals surface area (Å²) < 4.78 is 103. The summed E-state index contributed by atoms with van der Waals surface area (Å²) in [5, 5.41) is 1.98. The lowest BCUT2D eigenvalue weighted by molar-refractivity contribution is -0.274. The van der Waals surface area contributed by atoms with Crippen LogP contribution in [0.25, 0.3) is 0 Å². The van der Waals surface area contributed by atoms with Crippen LogP contribution in [-0.4, -0.2) is 34.8 Å². The summed E-state index contributed by atoms with van der Waals surface area (Å²) in [7, 11) is -1.43. The lowest BCUT2D eigenvalue weighted by Crippen LogP contribution is -2.17. The first-order valence-corrected chi connectivity index (χ1v) is 12.2. The van der Waals surface area contributed by atoms with E-state index in [1.807, 2.05) is 0 Å². The molecule has 37 heavy (non-hydrogen) atoms. The molecule has 0 saturated heterocycles. The number of hydrogen-bond acceptors (Lipinski definition) is 6. The minimum absolute atomic E-state index is 0.0933. The van der Waals surface area contributed by atoms with E-state index in [4.69, 9.17) is 16.3 Å². The van der Waals surface area contributed by atoms with Gasteiger partial charge in [0.1, 0.15) is 17.1 Å². The number of alkyl halides is 6. The SMILES string of the molecule is CN=S(C)(=O)c1cccc(NC(=O)c2cc(C(F)(F)F)cnc2Oc2ccc(OC(F)(F)F)cc2Cl)c1. The number of ether oxygens (including phenoxy) is 2. The average Bonchev–Trinajstić information content (AvgIpc) is 2.79. The van der Waals surface area contributed by atoms with E-state index in [1.54, 1.807) is 0 Å². The van der Waals surface area contributed by atoms with Gasteiger partial charge in [0.15, 0.2) is 0 Å². The Hall–Kier alpha value is -3.52. The van der Waals surface area contributed by atoms with Crippen molar-refractivity contribution in [1.82, 2.24) is 4.98 Å². The fourth-order valence-electron chi connectivity index (χ4n) is 2.83. The fourth-order valence-corrected chi connectivity index (χ4v) is 3.93. The molecule has 1 aromatic heterocycles. The third-order valence-electron chi connectivity index (χ3n) is 4.64. The number of amides is 1. The maximum absolute atomic E-state index is 13.3. The molecule has 7 nitrogen and oxygen atoms in total. The van der Waals surface area contributed by atoms with Gasteiger partial charge in [-0.1, -0.05) is 17.7 Å². The first-order chi connectivity index (χ1) is 17.1. The molecule has 0 aliphatic rings. The Labute approximate surface area is 211 Å². The second-order valence-electron chi connectivity index (χ2n) is 7.28. The largest absolute Gasteiger partial charge is 0.573 e. The van der Waals surface area contributed by atoms with Gasteiger partial charge >= 0.3 is 12.5 Å². The summed E-state index contributed by atoms with van der Waals surface area (Å²) in [4.78, 5) is 16.8. The zero-order valence-corrected chi connectivity index (χ0v) is 20.3. The van der Waals surface area contributed by atoms with Gasteiger partial charge in [0.25, 0.3) is 5.91 Å². The highest BCUT2D eigenvalue weighted by molar-refractivity contribution is 7.93. The molecule has 3 aromatic rings. The van der Waals surface area contributed by atoms with Crippen molar-refractivity contribution in [3.63, 3.8) is 0 Å². The smallest absolute Gasteiger partial charge is 0.437 e. The Kier molecular flexibility index (Phi) is 7.93. The average molecular weight is 568 g/mol. The summed E-state index contributed by atoms with van der Waals surface area (Å²) >= 11 is 5.93. The minimum Gasteiger partial charge on any atom is -0.437 e. The molecular weight excluding hydrogens is 552 g/mol. The molecule has 2 aromatic carbocycles. The molecule has 0 saturated carbocycles. The molecule has 0 aliphatic carbocycles. The van der Waals surface area contributed by atoms with Crippen molar-refractivity contribution in [1.29, 1.82) is 0 Å². The van der Waals surface area contributed by atoms with E-state index >= 15 is 0 Å². The van der Waals surface area contributed by atoms with Crippen molar-refractivity contribution in [2.45, 2.75) is 17.4 Å². The number of carbonyl (C=O) groups excluding carboxylic acids is 1. The highest BCUT2D eigenvalue weighted by atomic mass is 35.5. The van der Waals surface area contributed by atoms with Crippen molar-refractivity contribution in [2.75, 3.05) is 18.6 Å². The van der Waals surface area contributed by atoms with Gasteiger partial charge in [-0.3, -0.25) is 4.79 Å². The molecule has 1 amide bonds. The van der Waals surface area contributed by atoms with E-state index < -0.39 is 56.0 Å². The van der Waals surface area contributed by atoms with Crippen LogP contribution in [0.2, 0.25) is 5.02 Å². The normalized spacial score (nSPS) is 13.4. The van der Waals surface area contributed by atoms with Gasteiger partial charge in [0.2, 0.25) is 5.88 Å². The fraction of sp³-hybridized carbons (Fsp3) is 0.182. The van der Waals surface area contributed by atoms with Crippen LogP contribution in [-0.2, 0) is 15.9 Å². The molecule has 3 rings (SSSR count). The van der Waals surface area contributed by atoms with Crippen molar-refractivity contribution in [3.05, 3.63) is 70.9 Å². The first-order valence-electron chi connectivity index (χ1n) is 9.91. The molecule has 0 spiro atoms. The zero-order chi connectivity index (χ0) is 27.6. The van der Waals surface area contributed by atoms with Crippen LogP contribution >= 0.6 is 11.6 Å². The Morgan fingerprint density at radius 2 is 1.78 bits per heavy atom. The van der Waals surface area contributed by atoms with Crippen molar-refractivity contribution >= 4 is 32.9 Å². The lowest BCUT2D eigenvalue weighted by Gasteiger charge is -2.15. The van der Waals surface area contributed by atoms with Crippen LogP contribution in [0.5, 0.6) is 17.4 Å². The summed E-state index contributed by atoms with van der Waals surface area (Å²) in [6.45, 7) is 0. The van der Waals surface area contributed by atoms with Crippen LogP contribution in [0, 0.1) is 0 Å². The molecule has 0 radical (unpaired) electrons. The van der Waals surface area contributed by atoms with Gasteiger partial charge in [-0.15, -0.1) is 13.2 Å². The number of nitrogens with zero attached hydrogens (tertiary/aromatic N) is 2. The predicted octanol–water partition coefficient (Wildman–Crippen LogP) is 6.78. The van der Waals surface area contributed by atoms with E-state index in [0.717, 1.165) is 18.2 Å². The number of benzene rings is 2. The molecule has 0 fully saturated rings. The van der Waals surface area contributed by atoms with Crippen LogP contribution in [0.1, 0.15) is 15.9 Å². The van der Waals surface area contributed by atoms with Gasteiger partial charge in [-0.25, -0.2) is 13.6 Å². The summed E-state index contributed by atoms with van der Waals surface area (Å²) in [6, 6.07) is 8.77. The quantitative estimate of drug-likeness (QED) is 0.332. The van der Waals surface area contributed by atoms with Gasteiger partial charge in [-0.2, -0.15) is 13.2 Å². The predicted molar refractivity (Wildman–Crippen MR) is 123 cm³/mol. The third-order valence-corrected chi connectivity index (χ3v) is 6.77. The zero-order valence-electron chi connectivity index (χ0n) is 18.8.